The van der Waals surface area contributed by atoms with Gasteiger partial charge in [-0.25, -0.2) is 0 Å². The van der Waals surface area contributed by atoms with E-state index in [0.717, 1.165) is 0 Å². The highest BCUT2D eigenvalue weighted by Gasteiger charge is 2.30. The summed E-state index contributed by atoms with van der Waals surface area (Å²) in [5, 5.41) is 11.2. The summed E-state index contributed by atoms with van der Waals surface area (Å²) < 4.78 is 39.6. The molecule has 8 heteroatoms. The second kappa shape index (κ2) is 3.64. The molecule has 0 amide bonds. The SMILES string of the molecule is O=C(O)Cc1nc(CC(F)(F)F)no1. The topological polar surface area (TPSA) is 76.2 Å². The van der Waals surface area contributed by atoms with Crippen molar-refractivity contribution in [2.24, 2.45) is 0 Å². The summed E-state index contributed by atoms with van der Waals surface area (Å²) >= 11 is 0. The summed E-state index contributed by atoms with van der Waals surface area (Å²) in [6.45, 7) is 0. The van der Waals surface area contributed by atoms with Crippen molar-refractivity contribution in [1.82, 2.24) is 10.1 Å². The average molecular weight is 210 g/mol. The van der Waals surface area contributed by atoms with Crippen LogP contribution in [-0.2, 0) is 17.6 Å². The second-order valence-electron chi connectivity index (χ2n) is 2.47. The number of aliphatic carboxylic acids is 1. The van der Waals surface area contributed by atoms with Crippen molar-refractivity contribution in [1.29, 1.82) is 0 Å². The van der Waals surface area contributed by atoms with Gasteiger partial charge < -0.3 is 9.63 Å². The van der Waals surface area contributed by atoms with E-state index < -0.39 is 30.8 Å². The summed E-state index contributed by atoms with van der Waals surface area (Å²) in [4.78, 5) is 13.4. The summed E-state index contributed by atoms with van der Waals surface area (Å²) in [6.07, 6.45) is -6.33. The number of carbonyl (C=O) groups is 1. The average Bonchev–Trinajstić information content (AvgIpc) is 2.30. The number of rotatable bonds is 3. The molecule has 0 aliphatic carbocycles. The van der Waals surface area contributed by atoms with Gasteiger partial charge in [-0.1, -0.05) is 5.16 Å². The van der Waals surface area contributed by atoms with Crippen molar-refractivity contribution in [3.05, 3.63) is 11.7 Å². The highest BCUT2D eigenvalue weighted by molar-refractivity contribution is 5.68. The van der Waals surface area contributed by atoms with E-state index in [-0.39, 0.29) is 5.89 Å². The Morgan fingerprint density at radius 2 is 2.14 bits per heavy atom. The minimum absolute atomic E-state index is 0.336. The molecule has 5 nitrogen and oxygen atoms in total. The quantitative estimate of drug-likeness (QED) is 0.798. The van der Waals surface area contributed by atoms with Gasteiger partial charge in [0.05, 0.1) is 0 Å². The van der Waals surface area contributed by atoms with Gasteiger partial charge in [0, 0.05) is 0 Å². The number of aromatic nitrogens is 2. The molecule has 14 heavy (non-hydrogen) atoms. The maximum atomic E-state index is 11.8. The van der Waals surface area contributed by atoms with E-state index in [2.05, 4.69) is 14.7 Å². The standard InChI is InChI=1S/C6H5F3N2O3/c7-6(8,9)2-3-10-4(14-11-3)1-5(12)13/h1-2H2,(H,12,13). The zero-order valence-electron chi connectivity index (χ0n) is 6.71. The van der Waals surface area contributed by atoms with Crippen LogP contribution in [0.1, 0.15) is 11.7 Å². The molecular formula is C6H5F3N2O3. The fourth-order valence-electron chi connectivity index (χ4n) is 0.742. The molecule has 0 aromatic carbocycles. The van der Waals surface area contributed by atoms with E-state index in [4.69, 9.17) is 5.11 Å². The third-order valence-corrected chi connectivity index (χ3v) is 1.17. The van der Waals surface area contributed by atoms with Crippen molar-refractivity contribution < 1.29 is 27.6 Å². The molecule has 0 saturated carbocycles. The molecule has 0 saturated heterocycles. The van der Waals surface area contributed by atoms with Gasteiger partial charge in [0.2, 0.25) is 5.89 Å². The van der Waals surface area contributed by atoms with Gasteiger partial charge in [0.25, 0.3) is 0 Å². The Kier molecular flexibility index (Phi) is 2.73. The Balaban J connectivity index is 2.64. The largest absolute Gasteiger partial charge is 0.481 e. The Labute approximate surface area is 75.5 Å². The molecule has 1 rings (SSSR count). The number of hydrogen-bond acceptors (Lipinski definition) is 4. The minimum Gasteiger partial charge on any atom is -0.481 e. The van der Waals surface area contributed by atoms with Gasteiger partial charge in [-0.05, 0) is 0 Å². The van der Waals surface area contributed by atoms with Crippen molar-refractivity contribution in [3.63, 3.8) is 0 Å². The lowest BCUT2D eigenvalue weighted by Crippen LogP contribution is -2.12. The maximum Gasteiger partial charge on any atom is 0.396 e. The lowest BCUT2D eigenvalue weighted by Gasteiger charge is -1.99. The molecule has 0 aliphatic heterocycles. The van der Waals surface area contributed by atoms with Crippen LogP contribution in [0.5, 0.6) is 0 Å². The first kappa shape index (κ1) is 10.5. The third-order valence-electron chi connectivity index (χ3n) is 1.17. The van der Waals surface area contributed by atoms with Crippen LogP contribution in [0, 0.1) is 0 Å². The molecule has 78 valence electrons. The van der Waals surface area contributed by atoms with Crippen LogP contribution in [0.4, 0.5) is 13.2 Å². The zero-order valence-corrected chi connectivity index (χ0v) is 6.71. The lowest BCUT2D eigenvalue weighted by atomic mass is 10.4. The van der Waals surface area contributed by atoms with E-state index in [1.165, 1.54) is 0 Å². The van der Waals surface area contributed by atoms with Crippen molar-refractivity contribution >= 4 is 5.97 Å². The van der Waals surface area contributed by atoms with Crippen LogP contribution in [0.2, 0.25) is 0 Å². The Morgan fingerprint density at radius 3 is 2.64 bits per heavy atom. The van der Waals surface area contributed by atoms with Crippen molar-refractivity contribution in [3.8, 4) is 0 Å². The Morgan fingerprint density at radius 1 is 1.50 bits per heavy atom. The third kappa shape index (κ3) is 3.42. The monoisotopic (exact) mass is 210 g/mol. The van der Waals surface area contributed by atoms with Crippen LogP contribution in [-0.4, -0.2) is 27.4 Å². The zero-order chi connectivity index (χ0) is 10.8. The molecular weight excluding hydrogens is 205 g/mol. The second-order valence-corrected chi connectivity index (χ2v) is 2.47. The number of carboxylic acid groups (broad SMARTS) is 1. The van der Waals surface area contributed by atoms with E-state index in [9.17, 15) is 18.0 Å². The molecule has 0 aliphatic rings. The van der Waals surface area contributed by atoms with E-state index in [1.807, 2.05) is 0 Å². The summed E-state index contributed by atoms with van der Waals surface area (Å²) in [5.41, 5.74) is 0. The molecule has 1 heterocycles. The molecule has 1 aromatic rings. The van der Waals surface area contributed by atoms with Gasteiger partial charge in [0.1, 0.15) is 12.8 Å². The van der Waals surface area contributed by atoms with Crippen molar-refractivity contribution in [2.45, 2.75) is 19.0 Å². The van der Waals surface area contributed by atoms with E-state index in [1.54, 1.807) is 0 Å². The van der Waals surface area contributed by atoms with Crippen LogP contribution >= 0.6 is 0 Å². The number of halogens is 3. The first-order chi connectivity index (χ1) is 6.37. The fraction of sp³-hybridized carbons (Fsp3) is 0.500. The highest BCUT2D eigenvalue weighted by Crippen LogP contribution is 2.19. The fourth-order valence-corrected chi connectivity index (χ4v) is 0.742. The van der Waals surface area contributed by atoms with E-state index >= 15 is 0 Å². The Hall–Kier alpha value is -1.60. The highest BCUT2D eigenvalue weighted by atomic mass is 19.4. The summed E-state index contributed by atoms with van der Waals surface area (Å²) in [5.74, 6) is -2.14. The summed E-state index contributed by atoms with van der Waals surface area (Å²) in [6, 6.07) is 0. The molecule has 0 spiro atoms. The summed E-state index contributed by atoms with van der Waals surface area (Å²) in [7, 11) is 0. The van der Waals surface area contributed by atoms with Crippen LogP contribution in [0.3, 0.4) is 0 Å². The van der Waals surface area contributed by atoms with Gasteiger partial charge >= 0.3 is 12.1 Å². The predicted molar refractivity (Wildman–Crippen MR) is 35.4 cm³/mol. The van der Waals surface area contributed by atoms with Gasteiger partial charge in [-0.15, -0.1) is 0 Å². The smallest absolute Gasteiger partial charge is 0.396 e. The van der Waals surface area contributed by atoms with Crippen LogP contribution < -0.4 is 0 Å². The minimum atomic E-state index is -4.43. The van der Waals surface area contributed by atoms with Crippen LogP contribution in [0.15, 0.2) is 4.52 Å². The lowest BCUT2D eigenvalue weighted by molar-refractivity contribution is -0.136. The first-order valence-electron chi connectivity index (χ1n) is 3.47. The normalized spacial score (nSPS) is 11.6. The number of nitrogens with zero attached hydrogens (tertiary/aromatic N) is 2. The molecule has 1 aromatic heterocycles. The number of alkyl halides is 3. The maximum absolute atomic E-state index is 11.8. The van der Waals surface area contributed by atoms with Crippen LogP contribution in [0.25, 0.3) is 0 Å². The molecule has 0 bridgehead atoms. The Bertz CT molecular complexity index is 333. The first-order valence-corrected chi connectivity index (χ1v) is 3.47. The molecule has 0 atom stereocenters. The number of carboxylic acids is 1. The van der Waals surface area contributed by atoms with Crippen molar-refractivity contribution in [2.75, 3.05) is 0 Å². The predicted octanol–water partition coefficient (Wildman–Crippen LogP) is 0.801. The molecule has 0 fully saturated rings. The molecule has 1 N–H and O–H groups in total. The van der Waals surface area contributed by atoms with Gasteiger partial charge in [0.15, 0.2) is 5.82 Å². The molecule has 0 unspecified atom stereocenters. The van der Waals surface area contributed by atoms with E-state index in [0.29, 0.717) is 0 Å². The molecule has 0 radical (unpaired) electrons. The van der Waals surface area contributed by atoms with Gasteiger partial charge in [-0.3, -0.25) is 4.79 Å². The number of hydrogen-bond donors (Lipinski definition) is 1. The van der Waals surface area contributed by atoms with Gasteiger partial charge in [-0.2, -0.15) is 18.2 Å².